The number of pyridine rings is 1. The highest BCUT2D eigenvalue weighted by molar-refractivity contribution is 5.94. The number of rotatable bonds is 5. The zero-order valence-electron chi connectivity index (χ0n) is 23.7. The van der Waals surface area contributed by atoms with Crippen LogP contribution in [0.1, 0.15) is 52.1 Å². The smallest absolute Gasteiger partial charge is 0.272 e. The molecule has 1 unspecified atom stereocenters. The van der Waals surface area contributed by atoms with Crippen molar-refractivity contribution < 1.29 is 14.4 Å². The van der Waals surface area contributed by atoms with Crippen LogP contribution in [-0.4, -0.2) is 81.1 Å². The van der Waals surface area contributed by atoms with Crippen molar-refractivity contribution in [2.75, 3.05) is 32.7 Å². The van der Waals surface area contributed by atoms with E-state index >= 15 is 0 Å². The molecule has 0 spiro atoms. The van der Waals surface area contributed by atoms with Crippen LogP contribution in [0.4, 0.5) is 0 Å². The van der Waals surface area contributed by atoms with Gasteiger partial charge in [0.1, 0.15) is 0 Å². The molecular formula is C31H39N7O3. The fourth-order valence-corrected chi connectivity index (χ4v) is 5.79. The molecule has 0 radical (unpaired) electrons. The molecule has 2 aromatic heterocycles. The fourth-order valence-electron chi connectivity index (χ4n) is 5.79. The van der Waals surface area contributed by atoms with Gasteiger partial charge in [0.2, 0.25) is 11.8 Å². The van der Waals surface area contributed by atoms with Crippen LogP contribution in [0.15, 0.2) is 54.9 Å². The number of carbonyl (C=O) groups is 3. The minimum absolute atomic E-state index is 0.0181. The van der Waals surface area contributed by atoms with Crippen molar-refractivity contribution in [3.05, 3.63) is 82.9 Å². The number of benzene rings is 1. The van der Waals surface area contributed by atoms with Gasteiger partial charge in [-0.25, -0.2) is 0 Å². The van der Waals surface area contributed by atoms with Crippen molar-refractivity contribution in [2.24, 2.45) is 7.05 Å². The maximum atomic E-state index is 13.4. The Morgan fingerprint density at radius 1 is 1.00 bits per heavy atom. The van der Waals surface area contributed by atoms with E-state index in [4.69, 9.17) is 0 Å². The summed E-state index contributed by atoms with van der Waals surface area (Å²) in [6, 6.07) is 13.9. The molecule has 3 aromatic rings. The number of nitrogens with zero attached hydrogens (tertiary/aromatic N) is 5. The highest BCUT2D eigenvalue weighted by atomic mass is 16.2. The van der Waals surface area contributed by atoms with Crippen molar-refractivity contribution in [2.45, 2.75) is 51.1 Å². The number of amides is 3. The summed E-state index contributed by atoms with van der Waals surface area (Å²) in [6.45, 7) is 2.94. The van der Waals surface area contributed by atoms with Gasteiger partial charge in [-0.15, -0.1) is 0 Å². The predicted octanol–water partition coefficient (Wildman–Crippen LogP) is 1.89. The van der Waals surface area contributed by atoms with Gasteiger partial charge in [0.05, 0.1) is 6.54 Å². The molecule has 1 aliphatic carbocycles. The minimum Gasteiger partial charge on any atom is -0.351 e. The molecule has 216 valence electrons. The third kappa shape index (κ3) is 7.58. The zero-order valence-corrected chi connectivity index (χ0v) is 23.7. The Morgan fingerprint density at radius 2 is 1.83 bits per heavy atom. The summed E-state index contributed by atoms with van der Waals surface area (Å²) >= 11 is 0. The van der Waals surface area contributed by atoms with E-state index < -0.39 is 0 Å². The Hall–Kier alpha value is -4.05. The van der Waals surface area contributed by atoms with Gasteiger partial charge in [0.25, 0.3) is 5.91 Å². The second-order valence-corrected chi connectivity index (χ2v) is 11.0. The molecule has 1 atom stereocenters. The third-order valence-electron chi connectivity index (χ3n) is 7.94. The van der Waals surface area contributed by atoms with Crippen molar-refractivity contribution in [3.8, 4) is 0 Å². The van der Waals surface area contributed by atoms with Crippen LogP contribution >= 0.6 is 0 Å². The lowest BCUT2D eigenvalue weighted by Crippen LogP contribution is -2.46. The third-order valence-corrected chi connectivity index (χ3v) is 7.94. The number of aromatic nitrogens is 3. The number of hydrogen-bond donors (Lipinski definition) is 2. The molecule has 10 nitrogen and oxygen atoms in total. The summed E-state index contributed by atoms with van der Waals surface area (Å²) < 4.78 is 1.79. The van der Waals surface area contributed by atoms with Crippen molar-refractivity contribution in [1.82, 2.24) is 35.2 Å². The molecule has 2 aliphatic rings. The summed E-state index contributed by atoms with van der Waals surface area (Å²) in [5.74, 6) is -0.380. The van der Waals surface area contributed by atoms with Crippen LogP contribution in [0.25, 0.3) is 0 Å². The van der Waals surface area contributed by atoms with Crippen LogP contribution in [0.2, 0.25) is 0 Å². The molecule has 0 saturated carbocycles. The fraction of sp³-hybridized carbons (Fsp3) is 0.452. The zero-order chi connectivity index (χ0) is 28.6. The van der Waals surface area contributed by atoms with E-state index in [1.165, 1.54) is 0 Å². The Bertz CT molecular complexity index is 1340. The van der Waals surface area contributed by atoms with Gasteiger partial charge in [0.15, 0.2) is 5.69 Å². The Morgan fingerprint density at radius 3 is 2.63 bits per heavy atom. The molecule has 2 bridgehead atoms. The minimum atomic E-state index is -0.193. The van der Waals surface area contributed by atoms with Gasteiger partial charge in [-0.3, -0.25) is 28.9 Å². The largest absolute Gasteiger partial charge is 0.351 e. The first-order valence-corrected chi connectivity index (χ1v) is 14.5. The maximum Gasteiger partial charge on any atom is 0.272 e. The Kier molecular flexibility index (Phi) is 9.40. The quantitative estimate of drug-likeness (QED) is 0.496. The predicted molar refractivity (Wildman–Crippen MR) is 155 cm³/mol. The van der Waals surface area contributed by atoms with Crippen LogP contribution in [0.3, 0.4) is 0 Å². The molecule has 2 N–H and O–H groups in total. The normalized spacial score (nSPS) is 19.4. The monoisotopic (exact) mass is 557 g/mol. The van der Waals surface area contributed by atoms with E-state index in [0.717, 1.165) is 35.2 Å². The number of nitrogens with one attached hydrogen (secondary N) is 2. The molecule has 5 rings (SSSR count). The number of carbonyl (C=O) groups excluding carboxylic acids is 3. The molecule has 3 amide bonds. The standard InChI is InChI=1S/C31H39N7O3/c1-36-27-12-11-25-19-26(27)30(35-36)31(41)33-15-18-37(21-24-9-5-14-32-20-24)16-6-10-29(40)38(22-28(39)34-25)17-13-23-7-3-2-4-8-23/h2-5,7-9,14,20,25H,6,10-13,15-19,21-22H2,1H3,(H,33,41)(H,34,39). The molecule has 1 aromatic carbocycles. The maximum absolute atomic E-state index is 13.4. The molecule has 1 aliphatic heterocycles. The van der Waals surface area contributed by atoms with E-state index in [9.17, 15) is 14.4 Å². The lowest BCUT2D eigenvalue weighted by atomic mass is 9.91. The second kappa shape index (κ2) is 13.5. The Labute approximate surface area is 241 Å². The first-order valence-electron chi connectivity index (χ1n) is 14.5. The van der Waals surface area contributed by atoms with E-state index in [2.05, 4.69) is 25.6 Å². The van der Waals surface area contributed by atoms with Crippen LogP contribution in [0.5, 0.6) is 0 Å². The van der Waals surface area contributed by atoms with Gasteiger partial charge in [0, 0.05) is 69.3 Å². The first-order chi connectivity index (χ1) is 20.0. The molecule has 10 heteroatoms. The highest BCUT2D eigenvalue weighted by Gasteiger charge is 2.30. The first kappa shape index (κ1) is 28.5. The van der Waals surface area contributed by atoms with E-state index in [1.807, 2.05) is 55.7 Å². The number of aryl methyl sites for hydroxylation is 1. The number of fused-ring (bicyclic) bond motifs is 1. The average Bonchev–Trinajstić information content (AvgIpc) is 3.31. The molecule has 0 saturated heterocycles. The Balaban J connectivity index is 1.35. The van der Waals surface area contributed by atoms with E-state index in [1.54, 1.807) is 15.8 Å². The molecule has 3 heterocycles. The average molecular weight is 558 g/mol. The van der Waals surface area contributed by atoms with Crippen molar-refractivity contribution in [1.29, 1.82) is 0 Å². The summed E-state index contributed by atoms with van der Waals surface area (Å²) in [6.07, 6.45) is 7.31. The van der Waals surface area contributed by atoms with Crippen LogP contribution < -0.4 is 10.6 Å². The van der Waals surface area contributed by atoms with Gasteiger partial charge >= 0.3 is 0 Å². The number of hydrogen-bond acceptors (Lipinski definition) is 6. The highest BCUT2D eigenvalue weighted by Crippen LogP contribution is 2.24. The van der Waals surface area contributed by atoms with Gasteiger partial charge < -0.3 is 15.5 Å². The lowest BCUT2D eigenvalue weighted by Gasteiger charge is -2.27. The van der Waals surface area contributed by atoms with E-state index in [-0.39, 0.29) is 30.3 Å². The topological polar surface area (TPSA) is 112 Å². The summed E-state index contributed by atoms with van der Waals surface area (Å²) in [4.78, 5) is 48.0. The molecule has 41 heavy (non-hydrogen) atoms. The van der Waals surface area contributed by atoms with Gasteiger partial charge in [-0.05, 0) is 55.8 Å². The van der Waals surface area contributed by atoms with Crippen molar-refractivity contribution in [3.63, 3.8) is 0 Å². The summed E-state index contributed by atoms with van der Waals surface area (Å²) in [5.41, 5.74) is 4.57. The van der Waals surface area contributed by atoms with Gasteiger partial charge in [-0.1, -0.05) is 36.4 Å². The summed E-state index contributed by atoms with van der Waals surface area (Å²) in [5, 5.41) is 10.7. The van der Waals surface area contributed by atoms with Gasteiger partial charge in [-0.2, -0.15) is 5.10 Å². The molecular weight excluding hydrogens is 518 g/mol. The van der Waals surface area contributed by atoms with Crippen LogP contribution in [-0.2, 0) is 42.4 Å². The lowest BCUT2D eigenvalue weighted by molar-refractivity contribution is -0.136. The molecule has 0 fully saturated rings. The SMILES string of the molecule is Cn1nc2c3c1CCC(C3)NC(=O)CN(CCc1ccccc1)C(=O)CCCN(Cc1cccnc1)CCNC2=O. The van der Waals surface area contributed by atoms with Crippen molar-refractivity contribution >= 4 is 17.7 Å². The summed E-state index contributed by atoms with van der Waals surface area (Å²) in [7, 11) is 1.87. The second-order valence-electron chi connectivity index (χ2n) is 11.0. The van der Waals surface area contributed by atoms with E-state index in [0.29, 0.717) is 64.1 Å². The van der Waals surface area contributed by atoms with Crippen LogP contribution in [0, 0.1) is 0 Å².